The highest BCUT2D eigenvalue weighted by Crippen LogP contribution is 2.43. The van der Waals surface area contributed by atoms with E-state index in [4.69, 9.17) is 4.74 Å². The lowest BCUT2D eigenvalue weighted by Gasteiger charge is -2.27. The van der Waals surface area contributed by atoms with Crippen molar-refractivity contribution < 1.29 is 14.6 Å². The first-order valence-electron chi connectivity index (χ1n) is 8.85. The normalized spacial score (nSPS) is 21.4. The second-order valence-electron chi connectivity index (χ2n) is 6.89. The largest absolute Gasteiger partial charge is 0.504 e. The summed E-state index contributed by atoms with van der Waals surface area (Å²) in [6.45, 7) is 4.62. The number of rotatable bonds is 3. The molecule has 1 aliphatic carbocycles. The van der Waals surface area contributed by atoms with Crippen molar-refractivity contribution in [2.24, 2.45) is 5.92 Å². The number of aromatic hydroxyl groups is 1. The zero-order valence-corrected chi connectivity index (χ0v) is 17.7. The smallest absolute Gasteiger partial charge is 0.256 e. The fourth-order valence-corrected chi connectivity index (χ4v) is 5.72. The van der Waals surface area contributed by atoms with E-state index in [0.29, 0.717) is 21.8 Å². The second-order valence-corrected chi connectivity index (χ2v) is 9.16. The third-order valence-corrected chi connectivity index (χ3v) is 6.98. The molecule has 26 heavy (non-hydrogen) atoms. The van der Waals surface area contributed by atoms with Crippen molar-refractivity contribution >= 4 is 44.8 Å². The van der Waals surface area contributed by atoms with E-state index in [-0.39, 0.29) is 17.8 Å². The highest BCUT2D eigenvalue weighted by Gasteiger charge is 2.33. The van der Waals surface area contributed by atoms with Gasteiger partial charge in [0.2, 0.25) is 0 Å². The fraction of sp³-hybridized carbons (Fsp3) is 0.421. The lowest BCUT2D eigenvalue weighted by molar-refractivity contribution is 0.0935. The highest BCUT2D eigenvalue weighted by atomic mass is 127. The minimum atomic E-state index is -0.333. The molecule has 2 heterocycles. The molecule has 2 aliphatic rings. The Morgan fingerprint density at radius 3 is 2.96 bits per heavy atom. The molecule has 138 valence electrons. The average Bonchev–Trinajstić information content (AvgIpc) is 2.96. The molecule has 0 radical (unpaired) electrons. The summed E-state index contributed by atoms with van der Waals surface area (Å²) in [5.74, 6) is 1.24. The molecule has 7 heteroatoms. The zero-order chi connectivity index (χ0) is 18.4. The number of carbonyl (C=O) groups is 1. The maximum Gasteiger partial charge on any atom is 0.256 e. The van der Waals surface area contributed by atoms with Crippen molar-refractivity contribution in [1.29, 1.82) is 0 Å². The first-order valence-corrected chi connectivity index (χ1v) is 10.7. The first-order chi connectivity index (χ1) is 12.5. The maximum atomic E-state index is 12.8. The van der Waals surface area contributed by atoms with Crippen molar-refractivity contribution in [2.75, 3.05) is 11.9 Å². The first kappa shape index (κ1) is 17.9. The quantitative estimate of drug-likeness (QED) is 0.564. The van der Waals surface area contributed by atoms with Crippen LogP contribution in [0.25, 0.3) is 0 Å². The van der Waals surface area contributed by atoms with Gasteiger partial charge in [-0.05, 0) is 78.0 Å². The molecule has 2 atom stereocenters. The number of benzene rings is 1. The van der Waals surface area contributed by atoms with Gasteiger partial charge >= 0.3 is 0 Å². The van der Waals surface area contributed by atoms with Crippen LogP contribution in [0.1, 0.15) is 52.8 Å². The summed E-state index contributed by atoms with van der Waals surface area (Å²) < 4.78 is 6.23. The number of anilines is 1. The molecule has 0 bridgehead atoms. The lowest BCUT2D eigenvalue weighted by atomic mass is 9.88. The van der Waals surface area contributed by atoms with Crippen LogP contribution < -0.4 is 15.4 Å². The minimum Gasteiger partial charge on any atom is -0.504 e. The number of ether oxygens (including phenoxy) is 1. The van der Waals surface area contributed by atoms with Crippen LogP contribution in [-0.2, 0) is 12.8 Å². The average molecular weight is 484 g/mol. The Morgan fingerprint density at radius 2 is 2.19 bits per heavy atom. The van der Waals surface area contributed by atoms with Crippen LogP contribution in [0.15, 0.2) is 12.1 Å². The van der Waals surface area contributed by atoms with Crippen molar-refractivity contribution in [3.05, 3.63) is 37.3 Å². The summed E-state index contributed by atoms with van der Waals surface area (Å²) in [5.41, 5.74) is 2.92. The van der Waals surface area contributed by atoms with E-state index in [2.05, 4.69) is 40.1 Å². The number of phenolic OH excluding ortho intramolecular Hbond substituents is 1. The highest BCUT2D eigenvalue weighted by molar-refractivity contribution is 14.1. The Bertz CT molecular complexity index is 880. The molecule has 0 saturated carbocycles. The van der Waals surface area contributed by atoms with Gasteiger partial charge in [0, 0.05) is 4.88 Å². The van der Waals surface area contributed by atoms with Crippen LogP contribution >= 0.6 is 33.9 Å². The molecular formula is C19H21IN2O3S. The monoisotopic (exact) mass is 484 g/mol. The molecule has 1 aromatic heterocycles. The van der Waals surface area contributed by atoms with E-state index in [1.807, 2.05) is 13.0 Å². The van der Waals surface area contributed by atoms with Gasteiger partial charge in [-0.25, -0.2) is 0 Å². The third-order valence-electron chi connectivity index (χ3n) is 4.97. The number of halogens is 1. The summed E-state index contributed by atoms with van der Waals surface area (Å²) in [4.78, 5) is 14.2. The van der Waals surface area contributed by atoms with E-state index in [1.54, 1.807) is 17.4 Å². The van der Waals surface area contributed by atoms with Gasteiger partial charge in [-0.3, -0.25) is 4.79 Å². The summed E-state index contributed by atoms with van der Waals surface area (Å²) in [7, 11) is 0. The Labute approximate surface area is 170 Å². The third kappa shape index (κ3) is 3.05. The van der Waals surface area contributed by atoms with Crippen LogP contribution in [0.3, 0.4) is 0 Å². The molecule has 0 spiro atoms. The minimum absolute atomic E-state index is 0.0168. The van der Waals surface area contributed by atoms with Crippen molar-refractivity contribution in [3.8, 4) is 11.5 Å². The lowest BCUT2D eigenvalue weighted by Crippen LogP contribution is -2.38. The Morgan fingerprint density at radius 1 is 1.38 bits per heavy atom. The molecule has 3 N–H and O–H groups in total. The van der Waals surface area contributed by atoms with Gasteiger partial charge in [0.15, 0.2) is 11.5 Å². The topological polar surface area (TPSA) is 70.6 Å². The molecule has 1 aromatic carbocycles. The molecule has 5 nitrogen and oxygen atoms in total. The molecule has 0 saturated heterocycles. The predicted octanol–water partition coefficient (Wildman–Crippen LogP) is 4.44. The van der Waals surface area contributed by atoms with Crippen molar-refractivity contribution in [2.45, 2.75) is 39.3 Å². The molecule has 4 rings (SSSR count). The number of carbonyl (C=O) groups excluding carboxylic acids is 1. The summed E-state index contributed by atoms with van der Waals surface area (Å²) in [6, 6.07) is 3.66. The van der Waals surface area contributed by atoms with Crippen molar-refractivity contribution in [1.82, 2.24) is 5.32 Å². The van der Waals surface area contributed by atoms with Gasteiger partial charge in [-0.2, -0.15) is 0 Å². The Balaban J connectivity index is 1.69. The molecule has 2 aromatic rings. The fourth-order valence-electron chi connectivity index (χ4n) is 3.66. The van der Waals surface area contributed by atoms with Gasteiger partial charge in [0.1, 0.15) is 11.2 Å². The number of thiophene rings is 1. The van der Waals surface area contributed by atoms with E-state index in [9.17, 15) is 9.90 Å². The zero-order valence-electron chi connectivity index (χ0n) is 14.7. The number of hydrogen-bond acceptors (Lipinski definition) is 5. The number of hydrogen-bond donors (Lipinski definition) is 3. The molecule has 2 unspecified atom stereocenters. The van der Waals surface area contributed by atoms with Gasteiger partial charge in [0.05, 0.1) is 15.7 Å². The van der Waals surface area contributed by atoms with Crippen LogP contribution in [0, 0.1) is 9.49 Å². The number of phenols is 1. The Kier molecular flexibility index (Phi) is 4.77. The Hall–Kier alpha value is -1.48. The van der Waals surface area contributed by atoms with Crippen LogP contribution in [0.2, 0.25) is 0 Å². The van der Waals surface area contributed by atoms with E-state index in [1.165, 1.54) is 10.4 Å². The van der Waals surface area contributed by atoms with Crippen LogP contribution in [0.5, 0.6) is 11.5 Å². The van der Waals surface area contributed by atoms with Gasteiger partial charge < -0.3 is 20.5 Å². The summed E-state index contributed by atoms with van der Waals surface area (Å²) in [6.07, 6.45) is 2.84. The van der Waals surface area contributed by atoms with E-state index >= 15 is 0 Å². The number of fused-ring (bicyclic) bond motifs is 3. The van der Waals surface area contributed by atoms with Gasteiger partial charge in [-0.15, -0.1) is 11.3 Å². The SMILES string of the molecule is CCOc1cc(C2NC(=O)c3c(sc4c3CCC(C)C4)N2)cc(I)c1O. The van der Waals surface area contributed by atoms with Gasteiger partial charge in [-0.1, -0.05) is 6.92 Å². The van der Waals surface area contributed by atoms with Crippen LogP contribution in [0.4, 0.5) is 5.00 Å². The second kappa shape index (κ2) is 6.92. The number of nitrogens with one attached hydrogen (secondary N) is 2. The van der Waals surface area contributed by atoms with Crippen LogP contribution in [-0.4, -0.2) is 17.6 Å². The molecule has 1 aliphatic heterocycles. The standard InChI is InChI=1S/C19H21IN2O3S/c1-3-25-13-8-10(7-12(20)16(13)23)17-21-18(24)15-11-5-4-9(2)6-14(11)26-19(15)22-17/h7-9,17,22-23H,3-6H2,1-2H3,(H,21,24). The number of amides is 1. The molecule has 0 fully saturated rings. The molecular weight excluding hydrogens is 463 g/mol. The van der Waals surface area contributed by atoms with E-state index < -0.39 is 0 Å². The summed E-state index contributed by atoms with van der Waals surface area (Å²) in [5, 5.41) is 17.7. The summed E-state index contributed by atoms with van der Waals surface area (Å²) >= 11 is 3.79. The predicted molar refractivity (Wildman–Crippen MR) is 111 cm³/mol. The van der Waals surface area contributed by atoms with E-state index in [0.717, 1.165) is 35.4 Å². The van der Waals surface area contributed by atoms with Gasteiger partial charge in [0.25, 0.3) is 5.91 Å². The molecule has 1 amide bonds. The maximum absolute atomic E-state index is 12.8. The van der Waals surface area contributed by atoms with Crippen molar-refractivity contribution in [3.63, 3.8) is 0 Å².